The third-order valence-electron chi connectivity index (χ3n) is 3.17. The minimum absolute atomic E-state index is 0.138. The zero-order valence-corrected chi connectivity index (χ0v) is 10.7. The molecule has 1 aliphatic heterocycles. The number of ether oxygens (including phenoxy) is 1. The summed E-state index contributed by atoms with van der Waals surface area (Å²) in [6.07, 6.45) is 3.22. The van der Waals surface area contributed by atoms with E-state index in [1.807, 2.05) is 6.92 Å². The molecule has 0 bridgehead atoms. The summed E-state index contributed by atoms with van der Waals surface area (Å²) in [5.41, 5.74) is -0.265. The van der Waals surface area contributed by atoms with Crippen molar-refractivity contribution in [3.63, 3.8) is 0 Å². The summed E-state index contributed by atoms with van der Waals surface area (Å²) in [5, 5.41) is 10.1. The Labute approximate surface area is 106 Å². The highest BCUT2D eigenvalue weighted by molar-refractivity contribution is 5.97. The summed E-state index contributed by atoms with van der Waals surface area (Å²) in [4.78, 5) is 17.8. The van der Waals surface area contributed by atoms with Gasteiger partial charge in [0.25, 0.3) is 5.91 Å². The molecule has 0 unspecified atom stereocenters. The lowest BCUT2D eigenvalue weighted by Crippen LogP contribution is -2.63. The van der Waals surface area contributed by atoms with E-state index in [-0.39, 0.29) is 5.91 Å². The Bertz CT molecular complexity index is 442. The van der Waals surface area contributed by atoms with E-state index in [0.29, 0.717) is 24.5 Å². The maximum absolute atomic E-state index is 12.2. The Kier molecular flexibility index (Phi) is 3.52. The molecule has 5 heteroatoms. The largest absolute Gasteiger partial charge is 0.480 e. The smallest absolute Gasteiger partial charge is 0.259 e. The van der Waals surface area contributed by atoms with E-state index >= 15 is 0 Å². The van der Waals surface area contributed by atoms with Crippen LogP contribution in [0.2, 0.25) is 0 Å². The van der Waals surface area contributed by atoms with Crippen molar-refractivity contribution >= 4 is 5.91 Å². The molecule has 0 radical (unpaired) electrons. The van der Waals surface area contributed by atoms with E-state index in [0.717, 1.165) is 12.8 Å². The lowest BCUT2D eigenvalue weighted by atomic mass is 9.89. The zero-order chi connectivity index (χ0) is 13.2. The highest BCUT2D eigenvalue weighted by Gasteiger charge is 2.43. The van der Waals surface area contributed by atoms with Crippen molar-refractivity contribution in [2.75, 3.05) is 20.2 Å². The van der Waals surface area contributed by atoms with Crippen molar-refractivity contribution in [2.45, 2.75) is 25.4 Å². The van der Waals surface area contributed by atoms with Crippen LogP contribution in [0.5, 0.6) is 5.88 Å². The van der Waals surface area contributed by atoms with E-state index < -0.39 is 5.60 Å². The molecule has 1 fully saturated rings. The molecule has 1 saturated heterocycles. The highest BCUT2D eigenvalue weighted by Crippen LogP contribution is 2.28. The van der Waals surface area contributed by atoms with Crippen molar-refractivity contribution in [1.82, 2.24) is 9.88 Å². The number of carbonyl (C=O) groups is 1. The first-order valence-electron chi connectivity index (χ1n) is 6.10. The molecule has 0 spiro atoms. The topological polar surface area (TPSA) is 62.7 Å². The van der Waals surface area contributed by atoms with Gasteiger partial charge in [0, 0.05) is 6.20 Å². The quantitative estimate of drug-likeness (QED) is 0.868. The SMILES string of the molecule is CCCC1(O)CN(C(=O)c2cccnc2OC)C1. The van der Waals surface area contributed by atoms with Crippen LogP contribution in [0.25, 0.3) is 0 Å². The van der Waals surface area contributed by atoms with Crippen LogP contribution in [0, 0.1) is 0 Å². The van der Waals surface area contributed by atoms with Crippen LogP contribution in [0.1, 0.15) is 30.1 Å². The van der Waals surface area contributed by atoms with E-state index in [2.05, 4.69) is 4.98 Å². The van der Waals surface area contributed by atoms with Crippen LogP contribution < -0.4 is 4.74 Å². The first-order valence-corrected chi connectivity index (χ1v) is 6.10. The normalized spacial score (nSPS) is 17.2. The van der Waals surface area contributed by atoms with Crippen LogP contribution in [0.15, 0.2) is 18.3 Å². The fourth-order valence-corrected chi connectivity index (χ4v) is 2.32. The Morgan fingerprint density at radius 3 is 2.94 bits per heavy atom. The number of amides is 1. The molecule has 0 atom stereocenters. The van der Waals surface area contributed by atoms with E-state index in [1.54, 1.807) is 23.2 Å². The molecule has 0 aliphatic carbocycles. The number of aromatic nitrogens is 1. The molecule has 1 N–H and O–H groups in total. The number of rotatable bonds is 4. The molecule has 18 heavy (non-hydrogen) atoms. The van der Waals surface area contributed by atoms with Gasteiger partial charge in [0.15, 0.2) is 0 Å². The number of carbonyl (C=O) groups excluding carboxylic acids is 1. The molecule has 98 valence electrons. The number of pyridine rings is 1. The van der Waals surface area contributed by atoms with Crippen LogP contribution >= 0.6 is 0 Å². The number of aliphatic hydroxyl groups is 1. The van der Waals surface area contributed by atoms with E-state index in [4.69, 9.17) is 4.74 Å². The Morgan fingerprint density at radius 2 is 2.33 bits per heavy atom. The van der Waals surface area contributed by atoms with Gasteiger partial charge in [-0.2, -0.15) is 0 Å². The van der Waals surface area contributed by atoms with Crippen molar-refractivity contribution < 1.29 is 14.6 Å². The first-order chi connectivity index (χ1) is 8.59. The summed E-state index contributed by atoms with van der Waals surface area (Å²) < 4.78 is 5.06. The summed E-state index contributed by atoms with van der Waals surface area (Å²) in [5.74, 6) is 0.189. The predicted octanol–water partition coefficient (Wildman–Crippen LogP) is 1.08. The number of hydrogen-bond acceptors (Lipinski definition) is 4. The molecule has 0 aromatic carbocycles. The molecule has 5 nitrogen and oxygen atoms in total. The van der Waals surface area contributed by atoms with Gasteiger partial charge in [-0.05, 0) is 18.6 Å². The van der Waals surface area contributed by atoms with Gasteiger partial charge >= 0.3 is 0 Å². The summed E-state index contributed by atoms with van der Waals surface area (Å²) >= 11 is 0. The van der Waals surface area contributed by atoms with E-state index in [1.165, 1.54) is 7.11 Å². The maximum Gasteiger partial charge on any atom is 0.259 e. The van der Waals surface area contributed by atoms with Crippen LogP contribution in [0.3, 0.4) is 0 Å². The Morgan fingerprint density at radius 1 is 1.61 bits per heavy atom. The molecular weight excluding hydrogens is 232 g/mol. The van der Waals surface area contributed by atoms with Gasteiger partial charge in [-0.15, -0.1) is 0 Å². The van der Waals surface area contributed by atoms with Crippen LogP contribution in [-0.2, 0) is 0 Å². The van der Waals surface area contributed by atoms with Gasteiger partial charge in [-0.1, -0.05) is 13.3 Å². The van der Waals surface area contributed by atoms with Crippen molar-refractivity contribution in [3.05, 3.63) is 23.9 Å². The van der Waals surface area contributed by atoms with Gasteiger partial charge in [-0.25, -0.2) is 4.98 Å². The standard InChI is InChI=1S/C13H18N2O3/c1-3-6-13(17)8-15(9-13)12(16)10-5-4-7-14-11(10)18-2/h4-5,7,17H,3,6,8-9H2,1-2H3. The minimum atomic E-state index is -0.708. The summed E-state index contributed by atoms with van der Waals surface area (Å²) in [7, 11) is 1.49. The van der Waals surface area contributed by atoms with Crippen molar-refractivity contribution in [2.24, 2.45) is 0 Å². The average Bonchev–Trinajstić information content (AvgIpc) is 2.35. The van der Waals surface area contributed by atoms with E-state index in [9.17, 15) is 9.90 Å². The molecular formula is C13H18N2O3. The molecule has 1 aromatic heterocycles. The number of β-amino-alcohol motifs (C(OH)–C–C–N with tert-alkyl or cyclic N) is 1. The lowest BCUT2D eigenvalue weighted by molar-refractivity contribution is -0.0860. The number of likely N-dealkylation sites (tertiary alicyclic amines) is 1. The highest BCUT2D eigenvalue weighted by atomic mass is 16.5. The fraction of sp³-hybridized carbons (Fsp3) is 0.538. The van der Waals surface area contributed by atoms with Gasteiger partial charge in [0.1, 0.15) is 5.56 Å². The van der Waals surface area contributed by atoms with Gasteiger partial charge in [0.05, 0.1) is 25.8 Å². The molecule has 1 aromatic rings. The van der Waals surface area contributed by atoms with Crippen molar-refractivity contribution in [3.8, 4) is 5.88 Å². The predicted molar refractivity (Wildman–Crippen MR) is 66.6 cm³/mol. The second-order valence-corrected chi connectivity index (χ2v) is 4.70. The molecule has 2 rings (SSSR count). The van der Waals surface area contributed by atoms with Crippen molar-refractivity contribution in [1.29, 1.82) is 0 Å². The Hall–Kier alpha value is -1.62. The van der Waals surface area contributed by atoms with Gasteiger partial charge in [-0.3, -0.25) is 4.79 Å². The second kappa shape index (κ2) is 4.94. The summed E-state index contributed by atoms with van der Waals surface area (Å²) in [6.45, 7) is 2.79. The maximum atomic E-state index is 12.2. The molecule has 1 aliphatic rings. The molecule has 1 amide bonds. The molecule has 0 saturated carbocycles. The minimum Gasteiger partial charge on any atom is -0.480 e. The van der Waals surface area contributed by atoms with Gasteiger partial charge in [0.2, 0.25) is 5.88 Å². The third-order valence-corrected chi connectivity index (χ3v) is 3.17. The second-order valence-electron chi connectivity index (χ2n) is 4.70. The number of methoxy groups -OCH3 is 1. The van der Waals surface area contributed by atoms with Crippen LogP contribution in [0.4, 0.5) is 0 Å². The lowest BCUT2D eigenvalue weighted by Gasteiger charge is -2.46. The average molecular weight is 250 g/mol. The molecule has 2 heterocycles. The fourth-order valence-electron chi connectivity index (χ4n) is 2.32. The zero-order valence-electron chi connectivity index (χ0n) is 10.7. The number of hydrogen-bond donors (Lipinski definition) is 1. The monoisotopic (exact) mass is 250 g/mol. The third kappa shape index (κ3) is 2.31. The number of nitrogens with zero attached hydrogens (tertiary/aromatic N) is 2. The Balaban J connectivity index is 2.06. The van der Waals surface area contributed by atoms with Gasteiger partial charge < -0.3 is 14.7 Å². The van der Waals surface area contributed by atoms with Crippen LogP contribution in [-0.4, -0.2) is 46.7 Å². The first kappa shape index (κ1) is 12.8. The summed E-state index contributed by atoms with van der Waals surface area (Å²) in [6, 6.07) is 3.39.